The van der Waals surface area contributed by atoms with Crippen LogP contribution in [-0.4, -0.2) is 29.9 Å². The summed E-state index contributed by atoms with van der Waals surface area (Å²) < 4.78 is 0. The monoisotopic (exact) mass is 293 g/mol. The van der Waals surface area contributed by atoms with Crippen LogP contribution < -0.4 is 5.73 Å². The molecular weight excluding hydrogens is 278 g/mol. The second-order valence-corrected chi connectivity index (χ2v) is 4.81. The van der Waals surface area contributed by atoms with Crippen molar-refractivity contribution < 1.29 is 0 Å². The molecule has 0 aliphatic rings. The number of nitrogens with zero attached hydrogens (tertiary/aromatic N) is 6. The first-order valence-corrected chi connectivity index (χ1v) is 6.87. The lowest BCUT2D eigenvalue weighted by Crippen LogP contribution is -2.24. The molecule has 3 rings (SSSR count). The van der Waals surface area contributed by atoms with Crippen LogP contribution in [0.15, 0.2) is 55.8 Å². The van der Waals surface area contributed by atoms with E-state index in [0.29, 0.717) is 6.42 Å². The van der Waals surface area contributed by atoms with Crippen LogP contribution in [0.5, 0.6) is 0 Å². The van der Waals surface area contributed by atoms with Crippen LogP contribution in [0.3, 0.4) is 0 Å². The summed E-state index contributed by atoms with van der Waals surface area (Å²) in [6.45, 7) is 0. The van der Waals surface area contributed by atoms with Gasteiger partial charge in [0, 0.05) is 42.3 Å². The van der Waals surface area contributed by atoms with Crippen molar-refractivity contribution in [2.24, 2.45) is 5.73 Å². The van der Waals surface area contributed by atoms with Crippen molar-refractivity contribution in [1.29, 1.82) is 0 Å². The third-order valence-corrected chi connectivity index (χ3v) is 3.44. The van der Waals surface area contributed by atoms with Gasteiger partial charge in [-0.25, -0.2) is 29.9 Å². The van der Waals surface area contributed by atoms with E-state index in [2.05, 4.69) is 29.9 Å². The SMILES string of the molecule is NC(c1ccncn1)C(Cc1ccncn1)c1ccncn1. The molecule has 0 amide bonds. The maximum Gasteiger partial charge on any atom is 0.115 e. The van der Waals surface area contributed by atoms with E-state index in [-0.39, 0.29) is 12.0 Å². The highest BCUT2D eigenvalue weighted by atomic mass is 14.9. The largest absolute Gasteiger partial charge is 0.322 e. The first kappa shape index (κ1) is 14.2. The number of rotatable bonds is 5. The summed E-state index contributed by atoms with van der Waals surface area (Å²) in [4.78, 5) is 24.7. The Morgan fingerprint density at radius 3 is 1.91 bits per heavy atom. The molecule has 2 atom stereocenters. The highest BCUT2D eigenvalue weighted by Crippen LogP contribution is 2.29. The molecule has 7 nitrogen and oxygen atoms in total. The molecule has 0 saturated heterocycles. The number of nitrogens with two attached hydrogens (primary N) is 1. The normalized spacial score (nSPS) is 13.5. The van der Waals surface area contributed by atoms with Gasteiger partial charge in [-0.15, -0.1) is 0 Å². The van der Waals surface area contributed by atoms with E-state index in [1.807, 2.05) is 18.2 Å². The van der Waals surface area contributed by atoms with E-state index >= 15 is 0 Å². The molecule has 0 spiro atoms. The number of hydrogen-bond acceptors (Lipinski definition) is 7. The Labute approximate surface area is 127 Å². The van der Waals surface area contributed by atoms with Gasteiger partial charge >= 0.3 is 0 Å². The molecule has 0 saturated carbocycles. The van der Waals surface area contributed by atoms with Crippen molar-refractivity contribution in [3.05, 3.63) is 72.9 Å². The van der Waals surface area contributed by atoms with Gasteiger partial charge in [0.25, 0.3) is 0 Å². The lowest BCUT2D eigenvalue weighted by atomic mass is 9.89. The fourth-order valence-corrected chi connectivity index (χ4v) is 2.30. The minimum Gasteiger partial charge on any atom is -0.322 e. The van der Waals surface area contributed by atoms with Crippen LogP contribution in [0.1, 0.15) is 29.0 Å². The van der Waals surface area contributed by atoms with Crippen LogP contribution in [-0.2, 0) is 6.42 Å². The third kappa shape index (κ3) is 3.26. The molecule has 0 aliphatic heterocycles. The Bertz CT molecular complexity index is 691. The Morgan fingerprint density at radius 1 is 0.773 bits per heavy atom. The summed E-state index contributed by atoms with van der Waals surface area (Å²) in [5, 5.41) is 0. The van der Waals surface area contributed by atoms with Crippen molar-refractivity contribution in [1.82, 2.24) is 29.9 Å². The van der Waals surface area contributed by atoms with Gasteiger partial charge in [-0.1, -0.05) is 0 Å². The molecular formula is C15H15N7. The summed E-state index contributed by atoms with van der Waals surface area (Å²) in [5.41, 5.74) is 8.96. The molecule has 2 unspecified atom stereocenters. The van der Waals surface area contributed by atoms with E-state index in [9.17, 15) is 0 Å². The fraction of sp³-hybridized carbons (Fsp3) is 0.200. The highest BCUT2D eigenvalue weighted by molar-refractivity contribution is 5.19. The van der Waals surface area contributed by atoms with Gasteiger partial charge in [-0.05, 0) is 18.2 Å². The van der Waals surface area contributed by atoms with Crippen molar-refractivity contribution >= 4 is 0 Å². The maximum absolute atomic E-state index is 6.43. The van der Waals surface area contributed by atoms with E-state index in [0.717, 1.165) is 17.1 Å². The van der Waals surface area contributed by atoms with Gasteiger partial charge in [-0.3, -0.25) is 0 Å². The van der Waals surface area contributed by atoms with E-state index in [4.69, 9.17) is 5.73 Å². The van der Waals surface area contributed by atoms with E-state index in [1.165, 1.54) is 19.0 Å². The fourth-order valence-electron chi connectivity index (χ4n) is 2.30. The summed E-state index contributed by atoms with van der Waals surface area (Å²) in [6.07, 6.45) is 10.3. The Balaban J connectivity index is 1.93. The molecule has 7 heteroatoms. The zero-order chi connectivity index (χ0) is 15.2. The summed E-state index contributed by atoms with van der Waals surface area (Å²) in [7, 11) is 0. The van der Waals surface area contributed by atoms with E-state index in [1.54, 1.807) is 18.6 Å². The van der Waals surface area contributed by atoms with Crippen LogP contribution >= 0.6 is 0 Å². The second-order valence-electron chi connectivity index (χ2n) is 4.81. The molecule has 3 aromatic heterocycles. The van der Waals surface area contributed by atoms with Crippen molar-refractivity contribution in [2.75, 3.05) is 0 Å². The second kappa shape index (κ2) is 6.77. The number of hydrogen-bond donors (Lipinski definition) is 1. The zero-order valence-electron chi connectivity index (χ0n) is 11.8. The van der Waals surface area contributed by atoms with Crippen molar-refractivity contribution in [3.63, 3.8) is 0 Å². The molecule has 0 aliphatic carbocycles. The first-order chi connectivity index (χ1) is 10.8. The minimum absolute atomic E-state index is 0.0622. The van der Waals surface area contributed by atoms with Crippen molar-refractivity contribution in [3.8, 4) is 0 Å². The molecule has 3 aromatic rings. The van der Waals surface area contributed by atoms with Crippen LogP contribution in [0, 0.1) is 0 Å². The van der Waals surface area contributed by atoms with Gasteiger partial charge in [0.2, 0.25) is 0 Å². The first-order valence-electron chi connectivity index (χ1n) is 6.87. The van der Waals surface area contributed by atoms with Crippen LogP contribution in [0.25, 0.3) is 0 Å². The molecule has 2 N–H and O–H groups in total. The Morgan fingerprint density at radius 2 is 1.36 bits per heavy atom. The van der Waals surface area contributed by atoms with Gasteiger partial charge in [0.1, 0.15) is 19.0 Å². The topological polar surface area (TPSA) is 103 Å². The lowest BCUT2D eigenvalue weighted by Gasteiger charge is -2.22. The smallest absolute Gasteiger partial charge is 0.115 e. The van der Waals surface area contributed by atoms with E-state index < -0.39 is 0 Å². The van der Waals surface area contributed by atoms with Gasteiger partial charge < -0.3 is 5.73 Å². The Kier molecular flexibility index (Phi) is 4.35. The van der Waals surface area contributed by atoms with Gasteiger partial charge in [-0.2, -0.15) is 0 Å². The highest BCUT2D eigenvalue weighted by Gasteiger charge is 2.24. The average Bonchev–Trinajstić information content (AvgIpc) is 2.61. The molecule has 0 bridgehead atoms. The Hall–Kier alpha value is -2.80. The van der Waals surface area contributed by atoms with Gasteiger partial charge in [0.15, 0.2) is 0 Å². The quantitative estimate of drug-likeness (QED) is 0.750. The predicted molar refractivity (Wildman–Crippen MR) is 79.5 cm³/mol. The standard InChI is InChI=1S/C15H15N7/c16-15(14-3-6-19-10-22-14)12(13-2-5-18-9-21-13)7-11-1-4-17-8-20-11/h1-6,8-10,12,15H,7,16H2. The van der Waals surface area contributed by atoms with Crippen LogP contribution in [0.4, 0.5) is 0 Å². The summed E-state index contributed by atoms with van der Waals surface area (Å²) in [6, 6.07) is 5.25. The molecule has 3 heterocycles. The van der Waals surface area contributed by atoms with Gasteiger partial charge in [0.05, 0.1) is 11.7 Å². The predicted octanol–water partition coefficient (Wildman–Crippen LogP) is 1.08. The molecule has 22 heavy (non-hydrogen) atoms. The van der Waals surface area contributed by atoms with Crippen molar-refractivity contribution in [2.45, 2.75) is 18.4 Å². The minimum atomic E-state index is -0.312. The average molecular weight is 293 g/mol. The number of aromatic nitrogens is 6. The van der Waals surface area contributed by atoms with Crippen LogP contribution in [0.2, 0.25) is 0 Å². The third-order valence-electron chi connectivity index (χ3n) is 3.44. The zero-order valence-corrected chi connectivity index (χ0v) is 11.8. The molecule has 0 aromatic carbocycles. The summed E-state index contributed by atoms with van der Waals surface area (Å²) >= 11 is 0. The maximum atomic E-state index is 6.43. The lowest BCUT2D eigenvalue weighted by molar-refractivity contribution is 0.520. The molecule has 0 radical (unpaired) electrons. The molecule has 110 valence electrons. The molecule has 0 fully saturated rings. The summed E-state index contributed by atoms with van der Waals surface area (Å²) in [5.74, 6) is -0.0622.